The number of anilines is 1. The first-order valence-electron chi connectivity index (χ1n) is 6.16. The zero-order valence-corrected chi connectivity index (χ0v) is 10.9. The van der Waals surface area contributed by atoms with E-state index in [-0.39, 0.29) is 5.56 Å². The molecule has 1 heterocycles. The second-order valence-electron chi connectivity index (χ2n) is 4.33. The van der Waals surface area contributed by atoms with Crippen LogP contribution in [0.25, 0.3) is 0 Å². The molecular weight excluding hydrogens is 242 g/mol. The molecule has 5 nitrogen and oxygen atoms in total. The largest absolute Gasteiger partial charge is 0.494 e. The van der Waals surface area contributed by atoms with Gasteiger partial charge in [0, 0.05) is 24.0 Å². The zero-order valence-electron chi connectivity index (χ0n) is 10.9. The maximum absolute atomic E-state index is 11.6. The summed E-state index contributed by atoms with van der Waals surface area (Å²) in [5, 5.41) is 0. The Hall–Kier alpha value is -2.30. The normalized spacial score (nSPS) is 10.4. The summed E-state index contributed by atoms with van der Waals surface area (Å²) in [7, 11) is 0. The first kappa shape index (κ1) is 13.1. The van der Waals surface area contributed by atoms with Crippen LogP contribution in [0.1, 0.15) is 12.1 Å². The van der Waals surface area contributed by atoms with Crippen molar-refractivity contribution < 1.29 is 4.74 Å². The highest BCUT2D eigenvalue weighted by Crippen LogP contribution is 2.13. The third kappa shape index (κ3) is 3.84. The quantitative estimate of drug-likeness (QED) is 0.654. The summed E-state index contributed by atoms with van der Waals surface area (Å²) < 4.78 is 7.14. The lowest BCUT2D eigenvalue weighted by Crippen LogP contribution is -2.21. The molecule has 19 heavy (non-hydrogen) atoms. The molecule has 0 aliphatic carbocycles. The van der Waals surface area contributed by atoms with Gasteiger partial charge in [-0.05, 0) is 37.6 Å². The topological polar surface area (TPSA) is 70.1 Å². The van der Waals surface area contributed by atoms with Crippen LogP contribution >= 0.6 is 0 Å². The Morgan fingerprint density at radius 2 is 2.05 bits per heavy atom. The molecule has 0 aliphatic heterocycles. The third-order valence-electron chi connectivity index (χ3n) is 2.71. The van der Waals surface area contributed by atoms with E-state index in [0.717, 1.165) is 17.9 Å². The summed E-state index contributed by atoms with van der Waals surface area (Å²) in [6.45, 7) is 2.95. The van der Waals surface area contributed by atoms with Crippen LogP contribution in [0.15, 0.2) is 41.5 Å². The van der Waals surface area contributed by atoms with Gasteiger partial charge in [0.25, 0.3) is 5.56 Å². The fourth-order valence-electron chi connectivity index (χ4n) is 1.67. The molecule has 0 bridgehead atoms. The SMILES string of the molecule is Cc1cc(=O)n(CCCOc2ccc(N)cc2)cn1. The van der Waals surface area contributed by atoms with Crippen molar-refractivity contribution in [1.82, 2.24) is 9.55 Å². The van der Waals surface area contributed by atoms with Gasteiger partial charge in [0.15, 0.2) is 0 Å². The number of aromatic nitrogens is 2. The van der Waals surface area contributed by atoms with Crippen molar-refractivity contribution in [2.45, 2.75) is 19.9 Å². The van der Waals surface area contributed by atoms with Gasteiger partial charge in [0.1, 0.15) is 5.75 Å². The second kappa shape index (κ2) is 6.04. The lowest BCUT2D eigenvalue weighted by atomic mass is 10.3. The van der Waals surface area contributed by atoms with Gasteiger partial charge in [-0.15, -0.1) is 0 Å². The number of ether oxygens (including phenoxy) is 1. The zero-order chi connectivity index (χ0) is 13.7. The van der Waals surface area contributed by atoms with Crippen molar-refractivity contribution in [1.29, 1.82) is 0 Å². The van der Waals surface area contributed by atoms with Crippen LogP contribution in [-0.2, 0) is 6.54 Å². The van der Waals surface area contributed by atoms with Crippen molar-refractivity contribution in [2.75, 3.05) is 12.3 Å². The number of rotatable bonds is 5. The first-order valence-corrected chi connectivity index (χ1v) is 6.16. The second-order valence-corrected chi connectivity index (χ2v) is 4.33. The molecule has 0 aliphatic rings. The lowest BCUT2D eigenvalue weighted by molar-refractivity contribution is 0.300. The van der Waals surface area contributed by atoms with Crippen LogP contribution in [-0.4, -0.2) is 16.2 Å². The molecule has 0 amide bonds. The summed E-state index contributed by atoms with van der Waals surface area (Å²) >= 11 is 0. The van der Waals surface area contributed by atoms with E-state index in [1.807, 2.05) is 12.1 Å². The Morgan fingerprint density at radius 3 is 2.74 bits per heavy atom. The molecule has 2 aromatic rings. The van der Waals surface area contributed by atoms with Crippen LogP contribution in [0.5, 0.6) is 5.75 Å². The Kier molecular flexibility index (Phi) is 4.18. The van der Waals surface area contributed by atoms with Gasteiger partial charge in [0.05, 0.1) is 12.9 Å². The highest BCUT2D eigenvalue weighted by Gasteiger charge is 1.98. The van der Waals surface area contributed by atoms with E-state index in [9.17, 15) is 4.79 Å². The summed E-state index contributed by atoms with van der Waals surface area (Å²) in [5.74, 6) is 0.781. The van der Waals surface area contributed by atoms with Crippen LogP contribution in [0.3, 0.4) is 0 Å². The lowest BCUT2D eigenvalue weighted by Gasteiger charge is -2.07. The number of aryl methyl sites for hydroxylation is 2. The fourth-order valence-corrected chi connectivity index (χ4v) is 1.67. The maximum Gasteiger partial charge on any atom is 0.253 e. The van der Waals surface area contributed by atoms with Crippen LogP contribution in [0.4, 0.5) is 5.69 Å². The summed E-state index contributed by atoms with van der Waals surface area (Å²) in [5.41, 5.74) is 7.01. The minimum Gasteiger partial charge on any atom is -0.494 e. The van der Waals surface area contributed by atoms with Crippen LogP contribution < -0.4 is 16.0 Å². The highest BCUT2D eigenvalue weighted by atomic mass is 16.5. The average molecular weight is 259 g/mol. The highest BCUT2D eigenvalue weighted by molar-refractivity contribution is 5.41. The Balaban J connectivity index is 1.80. The molecule has 0 fully saturated rings. The molecule has 2 N–H and O–H groups in total. The van der Waals surface area contributed by atoms with Crippen molar-refractivity contribution >= 4 is 5.69 Å². The molecule has 0 saturated heterocycles. The molecule has 100 valence electrons. The molecule has 1 aromatic carbocycles. The van der Waals surface area contributed by atoms with E-state index in [0.29, 0.717) is 18.8 Å². The molecule has 0 spiro atoms. The van der Waals surface area contributed by atoms with E-state index in [2.05, 4.69) is 4.98 Å². The van der Waals surface area contributed by atoms with Crippen molar-refractivity contribution in [3.8, 4) is 5.75 Å². The van der Waals surface area contributed by atoms with E-state index in [1.165, 1.54) is 6.07 Å². The standard InChI is InChI=1S/C14H17N3O2/c1-11-9-14(18)17(10-16-11)7-2-8-19-13-5-3-12(15)4-6-13/h3-6,9-10H,2,7-8,15H2,1H3. The van der Waals surface area contributed by atoms with Gasteiger partial charge in [0.2, 0.25) is 0 Å². The number of nitrogen functional groups attached to an aromatic ring is 1. The average Bonchev–Trinajstić information content (AvgIpc) is 2.39. The summed E-state index contributed by atoms with van der Waals surface area (Å²) in [4.78, 5) is 15.7. The maximum atomic E-state index is 11.6. The minimum atomic E-state index is -0.0278. The molecule has 0 unspecified atom stereocenters. The molecule has 1 aromatic heterocycles. The van der Waals surface area contributed by atoms with E-state index in [1.54, 1.807) is 30.0 Å². The van der Waals surface area contributed by atoms with Crippen LogP contribution in [0, 0.1) is 6.92 Å². The summed E-state index contributed by atoms with van der Waals surface area (Å²) in [6, 6.07) is 8.78. The van der Waals surface area contributed by atoms with Crippen molar-refractivity contribution in [3.05, 3.63) is 52.7 Å². The molecule has 0 saturated carbocycles. The Bertz CT molecular complexity index is 590. The van der Waals surface area contributed by atoms with E-state index < -0.39 is 0 Å². The number of hydrogen-bond acceptors (Lipinski definition) is 4. The molecule has 5 heteroatoms. The predicted molar refractivity (Wildman–Crippen MR) is 74.2 cm³/mol. The molecule has 0 radical (unpaired) electrons. The van der Waals surface area contributed by atoms with Crippen molar-refractivity contribution in [3.63, 3.8) is 0 Å². The first-order chi connectivity index (χ1) is 9.15. The van der Waals surface area contributed by atoms with Gasteiger partial charge in [-0.25, -0.2) is 4.98 Å². The molecule has 0 atom stereocenters. The smallest absolute Gasteiger partial charge is 0.253 e. The van der Waals surface area contributed by atoms with Crippen LogP contribution in [0.2, 0.25) is 0 Å². The predicted octanol–water partition coefficient (Wildman–Crippen LogP) is 1.60. The van der Waals surface area contributed by atoms with Gasteiger partial charge in [-0.2, -0.15) is 0 Å². The number of benzene rings is 1. The van der Waals surface area contributed by atoms with Gasteiger partial charge in [-0.1, -0.05) is 0 Å². The van der Waals surface area contributed by atoms with Gasteiger partial charge >= 0.3 is 0 Å². The fraction of sp³-hybridized carbons (Fsp3) is 0.286. The van der Waals surface area contributed by atoms with E-state index in [4.69, 9.17) is 10.5 Å². The third-order valence-corrected chi connectivity index (χ3v) is 2.71. The number of hydrogen-bond donors (Lipinski definition) is 1. The minimum absolute atomic E-state index is 0.0278. The summed E-state index contributed by atoms with van der Waals surface area (Å²) in [6.07, 6.45) is 2.32. The number of nitrogens with zero attached hydrogens (tertiary/aromatic N) is 2. The van der Waals surface area contributed by atoms with Gasteiger partial charge < -0.3 is 10.5 Å². The monoisotopic (exact) mass is 259 g/mol. The number of nitrogens with two attached hydrogens (primary N) is 1. The Morgan fingerprint density at radius 1 is 1.32 bits per heavy atom. The van der Waals surface area contributed by atoms with Gasteiger partial charge in [-0.3, -0.25) is 9.36 Å². The van der Waals surface area contributed by atoms with E-state index >= 15 is 0 Å². The molecule has 2 rings (SSSR count). The molecular formula is C14H17N3O2. The van der Waals surface area contributed by atoms with Crippen molar-refractivity contribution in [2.24, 2.45) is 0 Å². The Labute approximate surface area is 111 Å².